The molecule has 5 rings (SSSR count). The number of rotatable bonds is 6. The number of fused-ring (bicyclic) bond motifs is 1. The van der Waals surface area contributed by atoms with Crippen LogP contribution in [0.5, 0.6) is 0 Å². The number of hydrogen-bond donors (Lipinski definition) is 1. The second-order valence-electron chi connectivity index (χ2n) is 11.1. The third-order valence-corrected chi connectivity index (χ3v) is 7.62. The van der Waals surface area contributed by atoms with Gasteiger partial charge in [0.05, 0.1) is 16.4 Å². The van der Waals surface area contributed by atoms with E-state index >= 15 is 0 Å². The molecule has 3 heterocycles. The summed E-state index contributed by atoms with van der Waals surface area (Å²) in [5.74, 6) is -1.24. The molecule has 1 aliphatic rings. The average molecular weight is 576 g/mol. The van der Waals surface area contributed by atoms with Gasteiger partial charge in [-0.25, -0.2) is 9.78 Å². The summed E-state index contributed by atoms with van der Waals surface area (Å²) in [4.78, 5) is 45.3. The number of halogens is 1. The van der Waals surface area contributed by atoms with Gasteiger partial charge in [-0.2, -0.15) is 0 Å². The Morgan fingerprint density at radius 2 is 1.63 bits per heavy atom. The molecule has 0 amide bonds. The van der Waals surface area contributed by atoms with Gasteiger partial charge >= 0.3 is 11.7 Å². The van der Waals surface area contributed by atoms with E-state index in [1.54, 1.807) is 4.57 Å². The fraction of sp³-hybridized carbons (Fsp3) is 0.300. The van der Waals surface area contributed by atoms with E-state index in [-0.39, 0.29) is 28.6 Å². The van der Waals surface area contributed by atoms with E-state index in [0.717, 1.165) is 11.1 Å². The normalized spacial score (nSPS) is 15.2. The molecule has 41 heavy (non-hydrogen) atoms. The van der Waals surface area contributed by atoms with E-state index in [9.17, 15) is 24.8 Å². The van der Waals surface area contributed by atoms with Gasteiger partial charge < -0.3 is 14.6 Å². The lowest BCUT2D eigenvalue weighted by Crippen LogP contribution is -2.48. The third-order valence-electron chi connectivity index (χ3n) is 7.37. The zero-order valence-electron chi connectivity index (χ0n) is 23.0. The Morgan fingerprint density at radius 1 is 1.02 bits per heavy atom. The maximum atomic E-state index is 13.0. The predicted octanol–water partition coefficient (Wildman–Crippen LogP) is 5.32. The molecule has 0 spiro atoms. The Kier molecular flexibility index (Phi) is 7.54. The number of aromatic carboxylic acids is 1. The molecule has 11 heteroatoms. The molecule has 4 aromatic rings. The highest BCUT2D eigenvalue weighted by Crippen LogP contribution is 2.34. The van der Waals surface area contributed by atoms with Crippen LogP contribution in [-0.2, 0) is 5.54 Å². The van der Waals surface area contributed by atoms with Gasteiger partial charge in [-0.15, -0.1) is 0 Å². The molecule has 0 radical (unpaired) electrons. The second kappa shape index (κ2) is 10.9. The first-order valence-corrected chi connectivity index (χ1v) is 13.6. The summed E-state index contributed by atoms with van der Waals surface area (Å²) >= 11 is 6.16. The number of nitrogens with zero attached hydrogens (tertiary/aromatic N) is 5. The summed E-state index contributed by atoms with van der Waals surface area (Å²) in [7, 11) is 0. The minimum atomic E-state index is -1.40. The molecule has 1 fully saturated rings. The molecule has 0 aliphatic carbocycles. The molecule has 10 nitrogen and oxygen atoms in total. The molecule has 1 atom stereocenters. The van der Waals surface area contributed by atoms with Crippen LogP contribution in [-0.4, -0.2) is 56.6 Å². The SMILES string of the molecule is CC(C)(C)n1cc(C(=O)O)c(=O)c2cc([N+](=O)[O-])c(N3CCN(C(c4ccccc4)c4ccc(Cl)cc4)CC3)nc21. The zero-order chi connectivity index (χ0) is 29.5. The fourth-order valence-corrected chi connectivity index (χ4v) is 5.47. The molecule has 1 saturated heterocycles. The van der Waals surface area contributed by atoms with Crippen LogP contribution in [0.2, 0.25) is 5.02 Å². The molecule has 2 aromatic heterocycles. The second-order valence-corrected chi connectivity index (χ2v) is 11.5. The van der Waals surface area contributed by atoms with Gasteiger partial charge in [0.25, 0.3) is 0 Å². The van der Waals surface area contributed by atoms with E-state index in [0.29, 0.717) is 31.2 Å². The maximum absolute atomic E-state index is 13.0. The summed E-state index contributed by atoms with van der Waals surface area (Å²) in [6, 6.07) is 19.0. The van der Waals surface area contributed by atoms with Crippen molar-refractivity contribution in [3.05, 3.63) is 109 Å². The third kappa shape index (κ3) is 5.53. The van der Waals surface area contributed by atoms with Crippen molar-refractivity contribution in [3.63, 3.8) is 0 Å². The number of benzene rings is 2. The molecular weight excluding hydrogens is 546 g/mol. The number of nitro groups is 1. The summed E-state index contributed by atoms with van der Waals surface area (Å²) in [6.07, 6.45) is 1.27. The van der Waals surface area contributed by atoms with Gasteiger partial charge in [0, 0.05) is 49.0 Å². The number of pyridine rings is 2. The lowest BCUT2D eigenvalue weighted by Gasteiger charge is -2.40. The van der Waals surface area contributed by atoms with Crippen LogP contribution >= 0.6 is 11.6 Å². The largest absolute Gasteiger partial charge is 0.477 e. The predicted molar refractivity (Wildman–Crippen MR) is 158 cm³/mol. The van der Waals surface area contributed by atoms with Gasteiger partial charge in [-0.05, 0) is 44.0 Å². The molecule has 212 valence electrons. The van der Waals surface area contributed by atoms with Crippen LogP contribution in [0.15, 0.2) is 71.7 Å². The number of carbonyl (C=O) groups is 1. The minimum absolute atomic E-state index is 0.0318. The van der Waals surface area contributed by atoms with Crippen LogP contribution < -0.4 is 10.3 Å². The number of aromatic nitrogens is 2. The Hall–Kier alpha value is -4.28. The van der Waals surface area contributed by atoms with E-state index in [1.807, 2.05) is 68.1 Å². The molecule has 0 bridgehead atoms. The average Bonchev–Trinajstić information content (AvgIpc) is 2.94. The first-order chi connectivity index (χ1) is 19.5. The molecule has 1 aliphatic heterocycles. The number of carboxylic acid groups (broad SMARTS) is 1. The molecule has 1 unspecified atom stereocenters. The standard InChI is InChI=1S/C30H30ClN5O5/c1-30(2,3)35-18-23(29(38)39)26(37)22-17-24(36(40)41)28(32-27(22)35)34-15-13-33(14-16-34)25(19-7-5-4-6-8-19)20-9-11-21(31)12-10-20/h4-12,17-18,25H,13-16H2,1-3H3,(H,38,39). The zero-order valence-corrected chi connectivity index (χ0v) is 23.7. The van der Waals surface area contributed by atoms with E-state index in [1.165, 1.54) is 12.3 Å². The summed E-state index contributed by atoms with van der Waals surface area (Å²) in [5, 5.41) is 22.4. The summed E-state index contributed by atoms with van der Waals surface area (Å²) < 4.78 is 1.60. The van der Waals surface area contributed by atoms with Crippen molar-refractivity contribution in [2.75, 3.05) is 31.1 Å². The summed E-state index contributed by atoms with van der Waals surface area (Å²) in [5.41, 5.74) is 0.195. The number of hydrogen-bond acceptors (Lipinski definition) is 7. The first-order valence-electron chi connectivity index (χ1n) is 13.2. The fourth-order valence-electron chi connectivity index (χ4n) is 5.35. The van der Waals surface area contributed by atoms with E-state index in [4.69, 9.17) is 11.6 Å². The molecular formula is C30H30ClN5O5. The Morgan fingerprint density at radius 3 is 2.20 bits per heavy atom. The van der Waals surface area contributed by atoms with Crippen molar-refractivity contribution in [3.8, 4) is 0 Å². The molecule has 2 aromatic carbocycles. The lowest BCUT2D eigenvalue weighted by atomic mass is 9.96. The monoisotopic (exact) mass is 575 g/mol. The van der Waals surface area contributed by atoms with Crippen LogP contribution in [0.1, 0.15) is 48.3 Å². The quantitative estimate of drug-likeness (QED) is 0.242. The van der Waals surface area contributed by atoms with Gasteiger partial charge in [-0.3, -0.25) is 19.8 Å². The van der Waals surface area contributed by atoms with Crippen LogP contribution in [0.25, 0.3) is 11.0 Å². The van der Waals surface area contributed by atoms with Gasteiger partial charge in [0.2, 0.25) is 11.2 Å². The number of carboxylic acids is 1. The molecule has 0 saturated carbocycles. The van der Waals surface area contributed by atoms with Crippen LogP contribution in [0, 0.1) is 10.1 Å². The van der Waals surface area contributed by atoms with Gasteiger partial charge in [0.15, 0.2) is 0 Å². The van der Waals surface area contributed by atoms with Crippen molar-refractivity contribution in [1.29, 1.82) is 0 Å². The number of anilines is 1. The number of piperazine rings is 1. The van der Waals surface area contributed by atoms with Crippen LogP contribution in [0.4, 0.5) is 11.5 Å². The van der Waals surface area contributed by atoms with Crippen LogP contribution in [0.3, 0.4) is 0 Å². The highest BCUT2D eigenvalue weighted by Gasteiger charge is 2.32. The van der Waals surface area contributed by atoms with Gasteiger partial charge in [-0.1, -0.05) is 54.1 Å². The van der Waals surface area contributed by atoms with Crippen molar-refractivity contribution in [1.82, 2.24) is 14.5 Å². The smallest absolute Gasteiger partial charge is 0.341 e. The highest BCUT2D eigenvalue weighted by atomic mass is 35.5. The van der Waals surface area contributed by atoms with Crippen molar-refractivity contribution in [2.24, 2.45) is 0 Å². The Labute approximate surface area is 241 Å². The van der Waals surface area contributed by atoms with E-state index in [2.05, 4.69) is 22.0 Å². The van der Waals surface area contributed by atoms with Crippen molar-refractivity contribution < 1.29 is 14.8 Å². The minimum Gasteiger partial charge on any atom is -0.477 e. The Bertz CT molecular complexity index is 1670. The Balaban J connectivity index is 1.54. The van der Waals surface area contributed by atoms with E-state index < -0.39 is 27.4 Å². The maximum Gasteiger partial charge on any atom is 0.341 e. The molecule has 1 N–H and O–H groups in total. The topological polar surface area (TPSA) is 122 Å². The first kappa shape index (κ1) is 28.3. The van der Waals surface area contributed by atoms with Crippen molar-refractivity contribution in [2.45, 2.75) is 32.4 Å². The summed E-state index contributed by atoms with van der Waals surface area (Å²) in [6.45, 7) is 7.68. The highest BCUT2D eigenvalue weighted by molar-refractivity contribution is 6.30. The van der Waals surface area contributed by atoms with Crippen molar-refractivity contribution >= 4 is 40.1 Å². The lowest BCUT2D eigenvalue weighted by molar-refractivity contribution is -0.384. The van der Waals surface area contributed by atoms with Gasteiger partial charge in [0.1, 0.15) is 11.2 Å².